The maximum absolute atomic E-state index is 4.62. The highest BCUT2D eigenvalue weighted by Gasteiger charge is 2.10. The van der Waals surface area contributed by atoms with Gasteiger partial charge in [0.25, 0.3) is 0 Å². The van der Waals surface area contributed by atoms with Gasteiger partial charge in [0.05, 0.1) is 0 Å². The lowest BCUT2D eigenvalue weighted by Crippen LogP contribution is -2.36. The van der Waals surface area contributed by atoms with Crippen molar-refractivity contribution in [2.45, 2.75) is 32.2 Å². The van der Waals surface area contributed by atoms with Crippen LogP contribution in [0.1, 0.15) is 31.2 Å². The zero-order valence-corrected chi connectivity index (χ0v) is 16.3. The molecule has 1 fully saturated rings. The van der Waals surface area contributed by atoms with Crippen molar-refractivity contribution in [3.63, 3.8) is 0 Å². The van der Waals surface area contributed by atoms with Gasteiger partial charge in [-0.2, -0.15) is 0 Å². The number of halogens is 1. The van der Waals surface area contributed by atoms with Crippen LogP contribution < -0.4 is 15.5 Å². The Morgan fingerprint density at radius 1 is 1.26 bits per heavy atom. The zero-order valence-electron chi connectivity index (χ0n) is 13.9. The van der Waals surface area contributed by atoms with Gasteiger partial charge in [0.2, 0.25) is 0 Å². The van der Waals surface area contributed by atoms with Crippen LogP contribution in [0.25, 0.3) is 0 Å². The molecule has 1 aliphatic rings. The van der Waals surface area contributed by atoms with Crippen LogP contribution in [-0.4, -0.2) is 37.6 Å². The molecule has 6 heteroatoms. The summed E-state index contributed by atoms with van der Waals surface area (Å²) in [6, 6.07) is 4.27. The number of aromatic nitrogens is 1. The lowest BCUT2D eigenvalue weighted by Gasteiger charge is -2.21. The molecule has 2 heterocycles. The van der Waals surface area contributed by atoms with Gasteiger partial charge in [-0.05, 0) is 24.5 Å². The maximum atomic E-state index is 4.62. The Hall–Kier alpha value is -1.31. The third-order valence-corrected chi connectivity index (χ3v) is 3.84. The summed E-state index contributed by atoms with van der Waals surface area (Å²) in [5.41, 5.74) is 1.15. The van der Waals surface area contributed by atoms with Crippen molar-refractivity contribution in [3.05, 3.63) is 36.5 Å². The molecule has 1 saturated heterocycles. The quantitative estimate of drug-likeness (QED) is 0.327. The molecule has 0 aliphatic carbocycles. The van der Waals surface area contributed by atoms with Gasteiger partial charge >= 0.3 is 0 Å². The lowest BCUT2D eigenvalue weighted by molar-refractivity contribution is 0.726. The number of nitrogens with zero attached hydrogens (tertiary/aromatic N) is 3. The predicted molar refractivity (Wildman–Crippen MR) is 109 cm³/mol. The first-order valence-corrected chi connectivity index (χ1v) is 8.09. The Morgan fingerprint density at radius 2 is 2.00 bits per heavy atom. The first-order chi connectivity index (χ1) is 10.8. The summed E-state index contributed by atoms with van der Waals surface area (Å²) in [6.07, 6.45) is 9.00. The zero-order chi connectivity index (χ0) is 15.6. The Balaban J connectivity index is 0.00000264. The summed E-state index contributed by atoms with van der Waals surface area (Å²) < 4.78 is 0. The van der Waals surface area contributed by atoms with Gasteiger partial charge in [0, 0.05) is 39.4 Å². The Labute approximate surface area is 156 Å². The van der Waals surface area contributed by atoms with Crippen LogP contribution in [0.15, 0.2) is 36.0 Å². The monoisotopic (exact) mass is 429 g/mol. The predicted octanol–water partition coefficient (Wildman–Crippen LogP) is 2.93. The van der Waals surface area contributed by atoms with Crippen LogP contribution in [0, 0.1) is 0 Å². The Morgan fingerprint density at radius 3 is 2.57 bits per heavy atom. The van der Waals surface area contributed by atoms with E-state index >= 15 is 0 Å². The second kappa shape index (κ2) is 11.3. The molecule has 2 N–H and O–H groups in total. The topological polar surface area (TPSA) is 52.6 Å². The third kappa shape index (κ3) is 6.76. The van der Waals surface area contributed by atoms with Crippen molar-refractivity contribution in [2.75, 3.05) is 31.6 Å². The highest BCUT2D eigenvalue weighted by Crippen LogP contribution is 2.17. The molecule has 1 aromatic rings. The number of hydrogen-bond acceptors (Lipinski definition) is 3. The normalized spacial score (nSPS) is 15.3. The minimum atomic E-state index is 0. The number of nitrogens with one attached hydrogen (secondary N) is 2. The minimum Gasteiger partial charge on any atom is -0.357 e. The molecule has 1 aromatic heterocycles. The van der Waals surface area contributed by atoms with E-state index in [1.807, 2.05) is 12.3 Å². The van der Waals surface area contributed by atoms with Crippen LogP contribution in [0.2, 0.25) is 0 Å². The van der Waals surface area contributed by atoms with Gasteiger partial charge in [-0.15, -0.1) is 30.6 Å². The summed E-state index contributed by atoms with van der Waals surface area (Å²) >= 11 is 0. The lowest BCUT2D eigenvalue weighted by atomic mass is 10.2. The van der Waals surface area contributed by atoms with Gasteiger partial charge in [0.1, 0.15) is 5.82 Å². The number of pyridine rings is 1. The molecule has 0 unspecified atom stereocenters. The maximum Gasteiger partial charge on any atom is 0.191 e. The highest BCUT2D eigenvalue weighted by atomic mass is 127. The van der Waals surface area contributed by atoms with Crippen molar-refractivity contribution >= 4 is 35.8 Å². The van der Waals surface area contributed by atoms with Crippen molar-refractivity contribution in [3.8, 4) is 0 Å². The van der Waals surface area contributed by atoms with Gasteiger partial charge in [-0.1, -0.05) is 25.0 Å². The first kappa shape index (κ1) is 19.7. The van der Waals surface area contributed by atoms with E-state index in [0.717, 1.165) is 30.4 Å². The van der Waals surface area contributed by atoms with E-state index in [1.54, 1.807) is 7.05 Å². The number of aliphatic imine (C=N–C) groups is 1. The van der Waals surface area contributed by atoms with E-state index in [1.165, 1.54) is 25.7 Å². The van der Waals surface area contributed by atoms with E-state index < -0.39 is 0 Å². The SMILES string of the molecule is C=CCNC(=NC)NCc1ccc(N2CCCCCC2)nc1.I. The molecule has 0 aromatic carbocycles. The molecule has 0 spiro atoms. The molecule has 5 nitrogen and oxygen atoms in total. The number of anilines is 1. The smallest absolute Gasteiger partial charge is 0.191 e. The molecule has 128 valence electrons. The van der Waals surface area contributed by atoms with E-state index in [-0.39, 0.29) is 24.0 Å². The van der Waals surface area contributed by atoms with E-state index in [9.17, 15) is 0 Å². The fourth-order valence-electron chi connectivity index (χ4n) is 2.58. The van der Waals surface area contributed by atoms with Crippen molar-refractivity contribution in [1.29, 1.82) is 0 Å². The number of rotatable bonds is 5. The summed E-state index contributed by atoms with van der Waals surface area (Å²) in [6.45, 7) is 7.35. The van der Waals surface area contributed by atoms with Gasteiger partial charge in [-0.25, -0.2) is 4.98 Å². The fourth-order valence-corrected chi connectivity index (χ4v) is 2.58. The minimum absolute atomic E-state index is 0. The Bertz CT molecular complexity index is 478. The summed E-state index contributed by atoms with van der Waals surface area (Å²) in [7, 11) is 1.76. The van der Waals surface area contributed by atoms with Gasteiger partial charge in [0.15, 0.2) is 5.96 Å². The molecule has 0 bridgehead atoms. The molecular formula is C17H28IN5. The standard InChI is InChI=1S/C17H27N5.HI/c1-3-10-19-17(18-2)21-14-15-8-9-16(20-13-15)22-11-6-4-5-7-12-22;/h3,8-9,13H,1,4-7,10-12,14H2,2H3,(H2,18,19,21);1H. The largest absolute Gasteiger partial charge is 0.357 e. The third-order valence-electron chi connectivity index (χ3n) is 3.84. The molecule has 23 heavy (non-hydrogen) atoms. The molecule has 0 amide bonds. The van der Waals surface area contributed by atoms with Crippen LogP contribution >= 0.6 is 24.0 Å². The second-order valence-electron chi connectivity index (χ2n) is 5.52. The molecule has 0 atom stereocenters. The first-order valence-electron chi connectivity index (χ1n) is 8.09. The summed E-state index contributed by atoms with van der Waals surface area (Å²) in [5, 5.41) is 6.42. The average Bonchev–Trinajstić information content (AvgIpc) is 2.85. The van der Waals surface area contributed by atoms with Gasteiger partial charge < -0.3 is 15.5 Å². The second-order valence-corrected chi connectivity index (χ2v) is 5.52. The van der Waals surface area contributed by atoms with E-state index in [0.29, 0.717) is 13.1 Å². The van der Waals surface area contributed by atoms with Crippen LogP contribution in [-0.2, 0) is 6.54 Å². The molecular weight excluding hydrogens is 401 g/mol. The van der Waals surface area contributed by atoms with Crippen LogP contribution in [0.3, 0.4) is 0 Å². The number of hydrogen-bond donors (Lipinski definition) is 2. The van der Waals surface area contributed by atoms with Crippen LogP contribution in [0.4, 0.5) is 5.82 Å². The van der Waals surface area contributed by atoms with Crippen molar-refractivity contribution in [2.24, 2.45) is 4.99 Å². The average molecular weight is 429 g/mol. The molecule has 1 aliphatic heterocycles. The van der Waals surface area contributed by atoms with Crippen molar-refractivity contribution < 1.29 is 0 Å². The van der Waals surface area contributed by atoms with Crippen LogP contribution in [0.5, 0.6) is 0 Å². The number of guanidine groups is 1. The Kier molecular flexibility index (Phi) is 9.66. The van der Waals surface area contributed by atoms with E-state index in [4.69, 9.17) is 0 Å². The molecule has 2 rings (SSSR count). The van der Waals surface area contributed by atoms with Gasteiger partial charge in [-0.3, -0.25) is 4.99 Å². The molecule has 0 saturated carbocycles. The summed E-state index contributed by atoms with van der Waals surface area (Å²) in [4.78, 5) is 11.2. The van der Waals surface area contributed by atoms with E-state index in [2.05, 4.69) is 44.2 Å². The fraction of sp³-hybridized carbons (Fsp3) is 0.529. The van der Waals surface area contributed by atoms with Crippen molar-refractivity contribution in [1.82, 2.24) is 15.6 Å². The molecule has 0 radical (unpaired) electrons. The highest BCUT2D eigenvalue weighted by molar-refractivity contribution is 14.0. The summed E-state index contributed by atoms with van der Waals surface area (Å²) in [5.74, 6) is 1.87.